The molecular formula is C15H28N2OS. The van der Waals surface area contributed by atoms with E-state index in [-0.39, 0.29) is 5.91 Å². The summed E-state index contributed by atoms with van der Waals surface area (Å²) >= 11 is 5.11. The zero-order valence-corrected chi connectivity index (χ0v) is 13.3. The zero-order valence-electron chi connectivity index (χ0n) is 12.5. The van der Waals surface area contributed by atoms with Gasteiger partial charge in [-0.3, -0.25) is 4.79 Å². The molecule has 1 saturated carbocycles. The number of thiocarbonyl (C=S) groups is 1. The van der Waals surface area contributed by atoms with Crippen molar-refractivity contribution in [3.05, 3.63) is 0 Å². The molecule has 0 aromatic rings. The first-order chi connectivity index (χ1) is 8.96. The van der Waals surface area contributed by atoms with E-state index in [1.165, 1.54) is 25.7 Å². The molecule has 0 aliphatic heterocycles. The fraction of sp³-hybridized carbons (Fsp3) is 0.867. The minimum Gasteiger partial charge on any atom is -0.392 e. The Morgan fingerprint density at radius 1 is 1.26 bits per heavy atom. The predicted octanol–water partition coefficient (Wildman–Crippen LogP) is 3.02. The van der Waals surface area contributed by atoms with Crippen LogP contribution in [0.5, 0.6) is 0 Å². The molecule has 110 valence electrons. The number of nitrogens with one attached hydrogen (secondary N) is 1. The first-order valence-electron chi connectivity index (χ1n) is 7.54. The Morgan fingerprint density at radius 2 is 1.79 bits per heavy atom. The molecule has 0 atom stereocenters. The van der Waals surface area contributed by atoms with Crippen molar-refractivity contribution in [2.24, 2.45) is 23.0 Å². The molecule has 3 nitrogen and oxygen atoms in total. The van der Waals surface area contributed by atoms with E-state index in [2.05, 4.69) is 12.2 Å². The number of hydrogen-bond donors (Lipinski definition) is 2. The van der Waals surface area contributed by atoms with Crippen LogP contribution in [0.2, 0.25) is 0 Å². The average Bonchev–Trinajstić information content (AvgIpc) is 2.39. The maximum absolute atomic E-state index is 12.4. The lowest BCUT2D eigenvalue weighted by Crippen LogP contribution is -2.49. The summed E-state index contributed by atoms with van der Waals surface area (Å²) in [6.45, 7) is 7.03. The molecule has 0 bridgehead atoms. The lowest BCUT2D eigenvalue weighted by molar-refractivity contribution is -0.128. The van der Waals surface area contributed by atoms with E-state index < -0.39 is 5.41 Å². The van der Waals surface area contributed by atoms with Gasteiger partial charge in [0, 0.05) is 6.54 Å². The van der Waals surface area contributed by atoms with Crippen LogP contribution in [-0.4, -0.2) is 17.4 Å². The summed E-state index contributed by atoms with van der Waals surface area (Å²) in [5.41, 5.74) is 5.14. The summed E-state index contributed by atoms with van der Waals surface area (Å²) in [6, 6.07) is 0. The summed E-state index contributed by atoms with van der Waals surface area (Å²) in [4.78, 5) is 12.7. The van der Waals surface area contributed by atoms with Crippen LogP contribution in [0.4, 0.5) is 0 Å². The Balaban J connectivity index is 2.51. The van der Waals surface area contributed by atoms with Crippen LogP contribution in [0.1, 0.15) is 59.3 Å². The Hall–Kier alpha value is -0.640. The minimum atomic E-state index is -0.655. The van der Waals surface area contributed by atoms with Gasteiger partial charge >= 0.3 is 0 Å². The van der Waals surface area contributed by atoms with Gasteiger partial charge in [-0.1, -0.05) is 45.8 Å². The van der Waals surface area contributed by atoms with E-state index in [1.807, 2.05) is 13.8 Å². The summed E-state index contributed by atoms with van der Waals surface area (Å²) in [6.07, 6.45) is 6.35. The van der Waals surface area contributed by atoms with Gasteiger partial charge in [-0.15, -0.1) is 0 Å². The molecule has 4 heteroatoms. The molecule has 0 spiro atoms. The SMILES string of the molecule is CCC(CC)(C(=O)NCC1CCC(C)CC1)C(N)=S. The van der Waals surface area contributed by atoms with Crippen molar-refractivity contribution in [3.8, 4) is 0 Å². The Kier molecular flexibility index (Phi) is 6.24. The van der Waals surface area contributed by atoms with Gasteiger partial charge in [0.15, 0.2) is 0 Å². The van der Waals surface area contributed by atoms with Crippen LogP contribution >= 0.6 is 12.2 Å². The maximum Gasteiger partial charge on any atom is 0.233 e. The molecular weight excluding hydrogens is 256 g/mol. The predicted molar refractivity (Wildman–Crippen MR) is 83.9 cm³/mol. The van der Waals surface area contributed by atoms with Crippen molar-refractivity contribution >= 4 is 23.1 Å². The van der Waals surface area contributed by atoms with Gasteiger partial charge < -0.3 is 11.1 Å². The van der Waals surface area contributed by atoms with Crippen LogP contribution in [0.3, 0.4) is 0 Å². The quantitative estimate of drug-likeness (QED) is 0.737. The van der Waals surface area contributed by atoms with E-state index in [1.54, 1.807) is 0 Å². The second-order valence-corrected chi connectivity index (χ2v) is 6.43. The highest BCUT2D eigenvalue weighted by Gasteiger charge is 2.38. The maximum atomic E-state index is 12.4. The average molecular weight is 284 g/mol. The Labute approximate surface area is 122 Å². The first kappa shape index (κ1) is 16.4. The highest BCUT2D eigenvalue weighted by Crippen LogP contribution is 2.29. The number of nitrogens with two attached hydrogens (primary N) is 1. The van der Waals surface area contributed by atoms with Gasteiger partial charge in [-0.05, 0) is 37.5 Å². The smallest absolute Gasteiger partial charge is 0.233 e. The fourth-order valence-electron chi connectivity index (χ4n) is 2.97. The van der Waals surface area contributed by atoms with Crippen LogP contribution in [-0.2, 0) is 4.79 Å². The highest BCUT2D eigenvalue weighted by atomic mass is 32.1. The molecule has 3 N–H and O–H groups in total. The van der Waals surface area contributed by atoms with Crippen LogP contribution < -0.4 is 11.1 Å². The molecule has 0 heterocycles. The number of carbonyl (C=O) groups excluding carboxylic acids is 1. The normalized spacial score (nSPS) is 23.9. The molecule has 1 aliphatic carbocycles. The van der Waals surface area contributed by atoms with Gasteiger partial charge in [0.05, 0.1) is 10.4 Å². The molecule has 0 saturated heterocycles. The van der Waals surface area contributed by atoms with Gasteiger partial charge in [0.2, 0.25) is 5.91 Å². The third kappa shape index (κ3) is 3.91. The van der Waals surface area contributed by atoms with E-state index in [4.69, 9.17) is 18.0 Å². The van der Waals surface area contributed by atoms with Gasteiger partial charge in [0.1, 0.15) is 0 Å². The third-order valence-corrected chi connectivity index (χ3v) is 5.19. The highest BCUT2D eigenvalue weighted by molar-refractivity contribution is 7.80. The van der Waals surface area contributed by atoms with Gasteiger partial charge in [0.25, 0.3) is 0 Å². The van der Waals surface area contributed by atoms with Gasteiger partial charge in [-0.25, -0.2) is 0 Å². The van der Waals surface area contributed by atoms with E-state index in [0.717, 1.165) is 12.5 Å². The van der Waals surface area contributed by atoms with E-state index >= 15 is 0 Å². The number of carbonyl (C=O) groups is 1. The second kappa shape index (κ2) is 7.22. The van der Waals surface area contributed by atoms with Crippen molar-refractivity contribution in [2.75, 3.05) is 6.54 Å². The molecule has 19 heavy (non-hydrogen) atoms. The number of hydrogen-bond acceptors (Lipinski definition) is 2. The van der Waals surface area contributed by atoms with Gasteiger partial charge in [-0.2, -0.15) is 0 Å². The van der Waals surface area contributed by atoms with Crippen molar-refractivity contribution in [1.82, 2.24) is 5.32 Å². The standard InChI is InChI=1S/C15H28N2OS/c1-4-15(5-2,13(16)19)14(18)17-10-12-8-6-11(3)7-9-12/h11-12H,4-10H2,1-3H3,(H2,16,19)(H,17,18). The molecule has 1 aliphatic rings. The summed E-state index contributed by atoms with van der Waals surface area (Å²) < 4.78 is 0. The van der Waals surface area contributed by atoms with Crippen molar-refractivity contribution in [2.45, 2.75) is 59.3 Å². The topological polar surface area (TPSA) is 55.1 Å². The first-order valence-corrected chi connectivity index (χ1v) is 7.95. The summed E-state index contributed by atoms with van der Waals surface area (Å²) in [5, 5.41) is 3.08. The van der Waals surface area contributed by atoms with Crippen molar-refractivity contribution < 1.29 is 4.79 Å². The zero-order chi connectivity index (χ0) is 14.5. The fourth-order valence-corrected chi connectivity index (χ4v) is 3.35. The van der Waals surface area contributed by atoms with Crippen LogP contribution in [0.15, 0.2) is 0 Å². The molecule has 1 amide bonds. The largest absolute Gasteiger partial charge is 0.392 e. The summed E-state index contributed by atoms with van der Waals surface area (Å²) in [5.74, 6) is 1.48. The molecule has 1 rings (SSSR count). The van der Waals surface area contributed by atoms with Crippen molar-refractivity contribution in [3.63, 3.8) is 0 Å². The van der Waals surface area contributed by atoms with Crippen LogP contribution in [0, 0.1) is 17.3 Å². The second-order valence-electron chi connectivity index (χ2n) is 5.99. The monoisotopic (exact) mass is 284 g/mol. The lowest BCUT2D eigenvalue weighted by Gasteiger charge is -2.31. The Morgan fingerprint density at radius 3 is 2.21 bits per heavy atom. The number of rotatable bonds is 6. The minimum absolute atomic E-state index is 0.0172. The van der Waals surface area contributed by atoms with Crippen molar-refractivity contribution in [1.29, 1.82) is 0 Å². The Bertz CT molecular complexity index is 318. The number of amides is 1. The molecule has 1 fully saturated rings. The lowest BCUT2D eigenvalue weighted by atomic mass is 9.80. The third-order valence-electron chi connectivity index (χ3n) is 4.80. The molecule has 0 unspecified atom stereocenters. The molecule has 0 aromatic carbocycles. The van der Waals surface area contributed by atoms with Crippen LogP contribution in [0.25, 0.3) is 0 Å². The summed E-state index contributed by atoms with van der Waals surface area (Å²) in [7, 11) is 0. The molecule has 0 aromatic heterocycles. The molecule has 0 radical (unpaired) electrons. The van der Waals surface area contributed by atoms with E-state index in [0.29, 0.717) is 23.7 Å². The van der Waals surface area contributed by atoms with E-state index in [9.17, 15) is 4.79 Å².